The van der Waals surface area contributed by atoms with E-state index in [1.54, 1.807) is 0 Å². The van der Waals surface area contributed by atoms with Gasteiger partial charge in [0, 0.05) is 13.6 Å². The maximum Gasteiger partial charge on any atom is 0.336 e. The van der Waals surface area contributed by atoms with Crippen LogP contribution in [0.3, 0.4) is 0 Å². The molecule has 1 amide bonds. The summed E-state index contributed by atoms with van der Waals surface area (Å²) in [4.78, 5) is 44.7. The Labute approximate surface area is 181 Å². The summed E-state index contributed by atoms with van der Waals surface area (Å²) in [5.74, 6) is -5.83. The highest BCUT2D eigenvalue weighted by Crippen LogP contribution is 2.19. The lowest BCUT2D eigenvalue weighted by Crippen LogP contribution is -2.65. The summed E-state index contributed by atoms with van der Waals surface area (Å²) in [5.41, 5.74) is 2.47. The number of likely N-dealkylation sites (N-methyl/N-ethyl adjacent to an activating group) is 1. The Morgan fingerprint density at radius 1 is 1.06 bits per heavy atom. The number of hydrogen-bond donors (Lipinski definition) is 10. The van der Waals surface area contributed by atoms with Gasteiger partial charge in [0.05, 0.1) is 32.0 Å². The van der Waals surface area contributed by atoms with Gasteiger partial charge in [-0.25, -0.2) is 4.79 Å². The lowest BCUT2D eigenvalue weighted by atomic mass is 9.94. The largest absolute Gasteiger partial charge is 0.481 e. The minimum Gasteiger partial charge on any atom is -0.481 e. The fraction of sp³-hybridized carbons (Fsp3) is 0.688. The van der Waals surface area contributed by atoms with Crippen LogP contribution in [0.2, 0.25) is 0 Å². The predicted molar refractivity (Wildman–Crippen MR) is 102 cm³/mol. The Balaban J connectivity index is 0.000000649. The Morgan fingerprint density at radius 2 is 1.53 bits per heavy atom. The van der Waals surface area contributed by atoms with Gasteiger partial charge in [-0.1, -0.05) is 0 Å². The number of aliphatic hydroxyl groups excluding tert-OH is 4. The van der Waals surface area contributed by atoms with Crippen molar-refractivity contribution >= 4 is 29.8 Å². The lowest BCUT2D eigenvalue weighted by molar-refractivity contribution is -0.170. The molecule has 0 aliphatic carbocycles. The Morgan fingerprint density at radius 3 is 1.88 bits per heavy atom. The molecule has 184 valence electrons. The number of carbonyl (C=O) groups is 4. The number of piperidine rings is 1. The molecule has 32 heavy (non-hydrogen) atoms. The Kier molecular flexibility index (Phi) is 11.0. The second-order valence-electron chi connectivity index (χ2n) is 7.06. The van der Waals surface area contributed by atoms with E-state index in [-0.39, 0.29) is 19.0 Å². The van der Waals surface area contributed by atoms with Crippen LogP contribution in [-0.4, -0.2) is 137 Å². The van der Waals surface area contributed by atoms with Crippen molar-refractivity contribution in [1.29, 1.82) is 5.41 Å². The molecule has 0 unspecified atom stereocenters. The first-order chi connectivity index (χ1) is 14.6. The number of carboxylic acids is 3. The molecule has 4 atom stereocenters. The van der Waals surface area contributed by atoms with Gasteiger partial charge in [0.1, 0.15) is 18.3 Å². The standard InChI is InChI=1S/C10H20N4O5.C6H8O7/c1-13(10(11)12)3-7(17)14-2-6(16)9(19)8(18)5(14)4-15;7-3(8)1-6(13,5(11)12)2-4(9)10/h5-6,8-9,15-16,18-19H,2-4H2,1H3,(H3,11,12);13H,1-2H2,(H,7,8)(H,9,10)(H,11,12)/t5-,6+,8-,9-;/m1./s1. The third-order valence-electron chi connectivity index (χ3n) is 4.50. The van der Waals surface area contributed by atoms with Crippen molar-refractivity contribution in [2.24, 2.45) is 5.73 Å². The molecule has 1 fully saturated rings. The molecule has 0 bridgehead atoms. The lowest BCUT2D eigenvalue weighted by Gasteiger charge is -2.43. The van der Waals surface area contributed by atoms with Gasteiger partial charge >= 0.3 is 17.9 Å². The second-order valence-corrected chi connectivity index (χ2v) is 7.06. The highest BCUT2D eigenvalue weighted by Gasteiger charge is 2.43. The van der Waals surface area contributed by atoms with Crippen molar-refractivity contribution in [2.45, 2.75) is 42.8 Å². The average Bonchev–Trinajstić information content (AvgIpc) is 2.64. The van der Waals surface area contributed by atoms with E-state index in [1.165, 1.54) is 11.9 Å². The fourth-order valence-corrected chi connectivity index (χ4v) is 2.67. The van der Waals surface area contributed by atoms with Crippen LogP contribution in [0.15, 0.2) is 0 Å². The molecule has 11 N–H and O–H groups in total. The van der Waals surface area contributed by atoms with Crippen molar-refractivity contribution in [3.63, 3.8) is 0 Å². The SMILES string of the molecule is CN(CC(=O)N1C[C@H](O)[C@@H](O)[C@H](O)[C@H]1CO)C(=N)N.O=C(O)CC(O)(CC(=O)O)C(=O)O. The first kappa shape index (κ1) is 28.9. The highest BCUT2D eigenvalue weighted by atomic mass is 16.4. The van der Waals surface area contributed by atoms with Gasteiger partial charge in [0.25, 0.3) is 0 Å². The number of aliphatic carboxylic acids is 3. The smallest absolute Gasteiger partial charge is 0.336 e. The van der Waals surface area contributed by atoms with Crippen LogP contribution in [-0.2, 0) is 19.2 Å². The topological polar surface area (TPSA) is 286 Å². The van der Waals surface area contributed by atoms with Gasteiger partial charge in [-0.05, 0) is 0 Å². The maximum absolute atomic E-state index is 12.0. The molecule has 0 aromatic heterocycles. The molecular weight excluding hydrogens is 440 g/mol. The van der Waals surface area contributed by atoms with Gasteiger partial charge in [0.15, 0.2) is 11.6 Å². The molecule has 0 radical (unpaired) electrons. The van der Waals surface area contributed by atoms with Gasteiger partial charge in [-0.2, -0.15) is 0 Å². The van der Waals surface area contributed by atoms with Gasteiger partial charge in [0.2, 0.25) is 5.91 Å². The van der Waals surface area contributed by atoms with Crippen LogP contribution in [0, 0.1) is 5.41 Å². The number of nitrogens with two attached hydrogens (primary N) is 1. The molecule has 16 heteroatoms. The number of β-amino-alcohol motifs (C(OH)–C–C–N with tert-alkyl or cyclic N) is 1. The van der Waals surface area contributed by atoms with Crippen LogP contribution in [0.4, 0.5) is 0 Å². The van der Waals surface area contributed by atoms with E-state index in [0.29, 0.717) is 0 Å². The van der Waals surface area contributed by atoms with Crippen LogP contribution < -0.4 is 5.73 Å². The minimum absolute atomic E-state index is 0.200. The molecule has 0 saturated carbocycles. The molecule has 1 aliphatic rings. The number of nitrogens with one attached hydrogen (secondary N) is 1. The second kappa shape index (κ2) is 12.1. The van der Waals surface area contributed by atoms with Gasteiger partial charge < -0.3 is 56.4 Å². The molecule has 0 aromatic carbocycles. The summed E-state index contributed by atoms with van der Waals surface area (Å²) in [5, 5.41) is 79.0. The van der Waals surface area contributed by atoms with E-state index in [1.807, 2.05) is 0 Å². The molecule has 1 aliphatic heterocycles. The first-order valence-electron chi connectivity index (χ1n) is 8.96. The fourth-order valence-electron chi connectivity index (χ4n) is 2.67. The quantitative estimate of drug-likeness (QED) is 0.118. The summed E-state index contributed by atoms with van der Waals surface area (Å²) < 4.78 is 0. The molecular formula is C16H28N4O12. The van der Waals surface area contributed by atoms with Crippen LogP contribution in [0.1, 0.15) is 12.8 Å². The van der Waals surface area contributed by atoms with Crippen LogP contribution >= 0.6 is 0 Å². The van der Waals surface area contributed by atoms with Crippen molar-refractivity contribution in [3.05, 3.63) is 0 Å². The number of rotatable bonds is 8. The molecule has 16 nitrogen and oxygen atoms in total. The monoisotopic (exact) mass is 468 g/mol. The molecule has 1 rings (SSSR count). The van der Waals surface area contributed by atoms with E-state index in [2.05, 4.69) is 0 Å². The van der Waals surface area contributed by atoms with E-state index in [9.17, 15) is 39.6 Å². The maximum atomic E-state index is 12.0. The van der Waals surface area contributed by atoms with Crippen LogP contribution in [0.5, 0.6) is 0 Å². The van der Waals surface area contributed by atoms with Crippen molar-refractivity contribution in [2.75, 3.05) is 26.7 Å². The normalized spacial score (nSPS) is 22.9. The number of hydrogen-bond acceptors (Lipinski definition) is 10. The summed E-state index contributed by atoms with van der Waals surface area (Å²) >= 11 is 0. The number of aliphatic hydroxyl groups is 5. The molecule has 0 aromatic rings. The van der Waals surface area contributed by atoms with E-state index in [4.69, 9.17) is 31.6 Å². The van der Waals surface area contributed by atoms with Gasteiger partial charge in [-0.15, -0.1) is 0 Å². The van der Waals surface area contributed by atoms with E-state index >= 15 is 0 Å². The number of nitrogens with zero attached hydrogens (tertiary/aromatic N) is 2. The zero-order chi connectivity index (χ0) is 25.4. The van der Waals surface area contributed by atoms with Crippen LogP contribution in [0.25, 0.3) is 0 Å². The Hall–Kier alpha value is -3.05. The molecule has 1 heterocycles. The van der Waals surface area contributed by atoms with E-state index in [0.717, 1.165) is 4.90 Å². The third-order valence-corrected chi connectivity index (χ3v) is 4.50. The van der Waals surface area contributed by atoms with Gasteiger partial charge in [-0.3, -0.25) is 19.8 Å². The average molecular weight is 468 g/mol. The van der Waals surface area contributed by atoms with Crippen molar-refractivity contribution in [3.8, 4) is 0 Å². The zero-order valence-electron chi connectivity index (χ0n) is 17.0. The summed E-state index contributed by atoms with van der Waals surface area (Å²) in [6.07, 6.45) is -6.42. The Bertz CT molecular complexity index is 701. The first-order valence-corrected chi connectivity index (χ1v) is 8.96. The number of likely N-dealkylation sites (tertiary alicyclic amines) is 1. The summed E-state index contributed by atoms with van der Waals surface area (Å²) in [6.45, 7) is -0.962. The summed E-state index contributed by atoms with van der Waals surface area (Å²) in [6, 6.07) is -0.994. The highest BCUT2D eigenvalue weighted by molar-refractivity contribution is 5.88. The number of amides is 1. The number of guanidine groups is 1. The van der Waals surface area contributed by atoms with E-state index < -0.39 is 73.2 Å². The number of carboxylic acid groups (broad SMARTS) is 3. The predicted octanol–water partition coefficient (Wildman–Crippen LogP) is -5.15. The minimum atomic E-state index is -2.74. The van der Waals surface area contributed by atoms with Crippen molar-refractivity contribution in [1.82, 2.24) is 9.80 Å². The van der Waals surface area contributed by atoms with Crippen molar-refractivity contribution < 1.29 is 60.0 Å². The summed E-state index contributed by atoms with van der Waals surface area (Å²) in [7, 11) is 1.44. The number of carbonyl (C=O) groups excluding carboxylic acids is 1. The molecule has 1 saturated heterocycles. The third kappa shape index (κ3) is 8.23. The zero-order valence-corrected chi connectivity index (χ0v) is 17.0. The molecule has 0 spiro atoms.